The first-order valence-corrected chi connectivity index (χ1v) is 2.41. The zero-order valence-corrected chi connectivity index (χ0v) is 4.37. The lowest BCUT2D eigenvalue weighted by Crippen LogP contribution is -2.60. The Bertz CT molecular complexity index is 115. The van der Waals surface area contributed by atoms with Crippen LogP contribution in [0, 0.1) is 0 Å². The molecule has 1 atom stereocenters. The molecule has 0 unspecified atom stereocenters. The van der Waals surface area contributed by atoms with Crippen LogP contribution in [-0.2, 0) is 4.79 Å². The van der Waals surface area contributed by atoms with Crippen molar-refractivity contribution < 1.29 is 9.90 Å². The lowest BCUT2D eigenvalue weighted by molar-refractivity contribution is -0.147. The molecule has 1 rings (SSSR count). The molecular weight excluding hydrogens is 108 g/mol. The standard InChI is InChI=1S/C4H8N2O2/c5-3-1-6(2-7)4(3)8/h3,7H,1-2,5H2/t3-/m0/s1. The first-order chi connectivity index (χ1) is 3.75. The van der Waals surface area contributed by atoms with Crippen LogP contribution in [0.5, 0.6) is 0 Å². The van der Waals surface area contributed by atoms with Crippen molar-refractivity contribution in [2.45, 2.75) is 6.04 Å². The predicted molar refractivity (Wildman–Crippen MR) is 26.8 cm³/mol. The molecule has 4 heteroatoms. The van der Waals surface area contributed by atoms with Gasteiger partial charge < -0.3 is 15.7 Å². The van der Waals surface area contributed by atoms with Crippen molar-refractivity contribution in [1.29, 1.82) is 0 Å². The molecule has 0 bridgehead atoms. The minimum Gasteiger partial charge on any atom is -0.376 e. The monoisotopic (exact) mass is 116 g/mol. The van der Waals surface area contributed by atoms with Crippen molar-refractivity contribution in [1.82, 2.24) is 4.90 Å². The molecule has 1 saturated heterocycles. The Morgan fingerprint density at radius 1 is 2.00 bits per heavy atom. The number of hydrogen-bond acceptors (Lipinski definition) is 3. The van der Waals surface area contributed by atoms with Gasteiger partial charge in [0, 0.05) is 6.54 Å². The SMILES string of the molecule is N[C@H]1CN(CO)C1=O. The number of hydrogen-bond donors (Lipinski definition) is 2. The highest BCUT2D eigenvalue weighted by Crippen LogP contribution is 2.04. The molecule has 0 radical (unpaired) electrons. The molecule has 46 valence electrons. The van der Waals surface area contributed by atoms with Gasteiger partial charge in [0.2, 0.25) is 5.91 Å². The van der Waals surface area contributed by atoms with Crippen molar-refractivity contribution in [3.8, 4) is 0 Å². The van der Waals surface area contributed by atoms with Crippen molar-refractivity contribution in [2.24, 2.45) is 5.73 Å². The fraction of sp³-hybridized carbons (Fsp3) is 0.750. The number of aliphatic hydroxyl groups is 1. The van der Waals surface area contributed by atoms with Gasteiger partial charge in [0.15, 0.2) is 0 Å². The Hall–Kier alpha value is -0.610. The van der Waals surface area contributed by atoms with E-state index in [1.807, 2.05) is 0 Å². The van der Waals surface area contributed by atoms with E-state index in [9.17, 15) is 4.79 Å². The first kappa shape index (κ1) is 5.53. The maximum absolute atomic E-state index is 10.4. The zero-order chi connectivity index (χ0) is 6.15. The molecule has 0 spiro atoms. The van der Waals surface area contributed by atoms with Crippen LogP contribution in [0.2, 0.25) is 0 Å². The van der Waals surface area contributed by atoms with Gasteiger partial charge >= 0.3 is 0 Å². The third-order valence-electron chi connectivity index (χ3n) is 1.22. The number of likely N-dealkylation sites (tertiary alicyclic amines) is 1. The molecule has 1 heterocycles. The van der Waals surface area contributed by atoms with Crippen LogP contribution in [0.3, 0.4) is 0 Å². The summed E-state index contributed by atoms with van der Waals surface area (Å²) in [5.74, 6) is -0.160. The summed E-state index contributed by atoms with van der Waals surface area (Å²) in [7, 11) is 0. The average molecular weight is 116 g/mol. The lowest BCUT2D eigenvalue weighted by Gasteiger charge is -2.33. The maximum Gasteiger partial charge on any atom is 0.243 e. The van der Waals surface area contributed by atoms with E-state index >= 15 is 0 Å². The summed E-state index contributed by atoms with van der Waals surface area (Å²) in [6.07, 6.45) is 0. The van der Waals surface area contributed by atoms with Crippen LogP contribution in [-0.4, -0.2) is 35.2 Å². The van der Waals surface area contributed by atoms with E-state index in [2.05, 4.69) is 0 Å². The second-order valence-electron chi connectivity index (χ2n) is 1.81. The Morgan fingerprint density at radius 3 is 2.75 bits per heavy atom. The fourth-order valence-electron chi connectivity index (χ4n) is 0.655. The normalized spacial score (nSPS) is 28.0. The summed E-state index contributed by atoms with van der Waals surface area (Å²) in [5.41, 5.74) is 5.19. The van der Waals surface area contributed by atoms with Crippen LogP contribution in [0.4, 0.5) is 0 Å². The fourth-order valence-corrected chi connectivity index (χ4v) is 0.655. The van der Waals surface area contributed by atoms with Crippen molar-refractivity contribution in [2.75, 3.05) is 13.3 Å². The summed E-state index contributed by atoms with van der Waals surface area (Å²) >= 11 is 0. The van der Waals surface area contributed by atoms with Gasteiger partial charge in [-0.15, -0.1) is 0 Å². The predicted octanol–water partition coefficient (Wildman–Crippen LogP) is -1.89. The van der Waals surface area contributed by atoms with Gasteiger partial charge in [-0.05, 0) is 0 Å². The van der Waals surface area contributed by atoms with Gasteiger partial charge in [0.1, 0.15) is 12.8 Å². The molecule has 0 aliphatic carbocycles. The van der Waals surface area contributed by atoms with Gasteiger partial charge in [-0.25, -0.2) is 0 Å². The molecule has 0 saturated carbocycles. The van der Waals surface area contributed by atoms with Gasteiger partial charge in [-0.1, -0.05) is 0 Å². The number of nitrogens with zero attached hydrogens (tertiary/aromatic N) is 1. The number of rotatable bonds is 1. The van der Waals surface area contributed by atoms with Crippen molar-refractivity contribution in [3.63, 3.8) is 0 Å². The van der Waals surface area contributed by atoms with E-state index in [0.29, 0.717) is 6.54 Å². The van der Waals surface area contributed by atoms with Gasteiger partial charge in [-0.3, -0.25) is 4.79 Å². The smallest absolute Gasteiger partial charge is 0.243 e. The third kappa shape index (κ3) is 0.579. The van der Waals surface area contributed by atoms with E-state index in [1.54, 1.807) is 0 Å². The second kappa shape index (κ2) is 1.72. The lowest BCUT2D eigenvalue weighted by atomic mass is 10.1. The number of carbonyl (C=O) groups excluding carboxylic acids is 1. The maximum atomic E-state index is 10.4. The average Bonchev–Trinajstić information content (AvgIpc) is 1.81. The Kier molecular flexibility index (Phi) is 1.19. The van der Waals surface area contributed by atoms with Crippen LogP contribution in [0.15, 0.2) is 0 Å². The summed E-state index contributed by atoms with van der Waals surface area (Å²) in [6, 6.07) is -0.359. The Balaban J connectivity index is 2.36. The molecule has 1 aliphatic rings. The van der Waals surface area contributed by atoms with Gasteiger partial charge in [0.05, 0.1) is 0 Å². The minimum atomic E-state index is -0.359. The molecule has 3 N–H and O–H groups in total. The molecular formula is C4H8N2O2. The number of amides is 1. The highest BCUT2D eigenvalue weighted by Gasteiger charge is 2.32. The molecule has 1 amide bonds. The topological polar surface area (TPSA) is 66.6 Å². The Morgan fingerprint density at radius 2 is 2.62 bits per heavy atom. The highest BCUT2D eigenvalue weighted by molar-refractivity contribution is 5.87. The molecule has 0 aromatic heterocycles. The van der Waals surface area contributed by atoms with Crippen molar-refractivity contribution in [3.05, 3.63) is 0 Å². The van der Waals surface area contributed by atoms with E-state index in [-0.39, 0.29) is 18.7 Å². The molecule has 1 fully saturated rings. The Labute approximate surface area is 46.9 Å². The summed E-state index contributed by atoms with van der Waals surface area (Å²) in [6.45, 7) is 0.294. The number of aliphatic hydroxyl groups excluding tert-OH is 1. The molecule has 0 aromatic carbocycles. The van der Waals surface area contributed by atoms with Crippen LogP contribution in [0.25, 0.3) is 0 Å². The number of β-lactam (4-membered cyclic amide) rings is 1. The quantitative estimate of drug-likeness (QED) is 0.393. The number of carbonyl (C=O) groups is 1. The zero-order valence-electron chi connectivity index (χ0n) is 4.37. The van der Waals surface area contributed by atoms with Crippen LogP contribution in [0.1, 0.15) is 0 Å². The largest absolute Gasteiger partial charge is 0.376 e. The minimum absolute atomic E-state index is 0.160. The third-order valence-corrected chi connectivity index (χ3v) is 1.22. The molecule has 1 aliphatic heterocycles. The number of nitrogens with two attached hydrogens (primary N) is 1. The summed E-state index contributed by atoms with van der Waals surface area (Å²) < 4.78 is 0. The highest BCUT2D eigenvalue weighted by atomic mass is 16.3. The van der Waals surface area contributed by atoms with Gasteiger partial charge in [-0.2, -0.15) is 0 Å². The first-order valence-electron chi connectivity index (χ1n) is 2.41. The van der Waals surface area contributed by atoms with E-state index in [0.717, 1.165) is 0 Å². The van der Waals surface area contributed by atoms with Crippen LogP contribution < -0.4 is 5.73 Å². The molecule has 8 heavy (non-hydrogen) atoms. The van der Waals surface area contributed by atoms with E-state index in [1.165, 1.54) is 4.90 Å². The van der Waals surface area contributed by atoms with E-state index < -0.39 is 0 Å². The molecule has 4 nitrogen and oxygen atoms in total. The van der Waals surface area contributed by atoms with Gasteiger partial charge in [0.25, 0.3) is 0 Å². The molecule has 0 aromatic rings. The van der Waals surface area contributed by atoms with Crippen LogP contribution >= 0.6 is 0 Å². The van der Waals surface area contributed by atoms with E-state index in [4.69, 9.17) is 10.8 Å². The second-order valence-corrected chi connectivity index (χ2v) is 1.81. The van der Waals surface area contributed by atoms with Crippen molar-refractivity contribution >= 4 is 5.91 Å². The summed E-state index contributed by atoms with van der Waals surface area (Å²) in [4.78, 5) is 11.7. The summed E-state index contributed by atoms with van der Waals surface area (Å²) in [5, 5.41) is 8.32.